The number of aromatic amines is 1. The van der Waals surface area contributed by atoms with Crippen molar-refractivity contribution in [2.75, 3.05) is 46.6 Å². The van der Waals surface area contributed by atoms with Crippen molar-refractivity contribution in [1.29, 1.82) is 0 Å². The summed E-state index contributed by atoms with van der Waals surface area (Å²) in [6, 6.07) is 7.11. The summed E-state index contributed by atoms with van der Waals surface area (Å²) in [7, 11) is 1.55. The van der Waals surface area contributed by atoms with Crippen LogP contribution in [-0.4, -0.2) is 91.2 Å². The number of nitrogens with one attached hydrogen (secondary N) is 1. The van der Waals surface area contributed by atoms with Crippen LogP contribution in [0.25, 0.3) is 0 Å². The highest BCUT2D eigenvalue weighted by Crippen LogP contribution is 2.29. The van der Waals surface area contributed by atoms with Gasteiger partial charge in [-0.3, -0.25) is 9.89 Å². The van der Waals surface area contributed by atoms with Crippen LogP contribution in [-0.2, 0) is 35.1 Å². The van der Waals surface area contributed by atoms with Gasteiger partial charge >= 0.3 is 5.97 Å². The maximum absolute atomic E-state index is 13.3. The first-order valence-corrected chi connectivity index (χ1v) is 12.0. The molecule has 1 saturated heterocycles. The van der Waals surface area contributed by atoms with Gasteiger partial charge in [0.25, 0.3) is 5.91 Å². The van der Waals surface area contributed by atoms with Gasteiger partial charge in [0.05, 0.1) is 32.6 Å². The molecule has 1 unspecified atom stereocenters. The summed E-state index contributed by atoms with van der Waals surface area (Å²) < 4.78 is 22.0. The fraction of sp³-hybridized carbons (Fsp3) is 0.480. The average Bonchev–Trinajstić information content (AvgIpc) is 3.43. The molecular weight excluding hydrogens is 484 g/mol. The third kappa shape index (κ3) is 8.31. The van der Waals surface area contributed by atoms with Crippen LogP contribution in [0.5, 0.6) is 11.5 Å². The van der Waals surface area contributed by atoms with E-state index in [-0.39, 0.29) is 31.3 Å². The highest BCUT2D eigenvalue weighted by Gasteiger charge is 2.29. The number of carbonyl (C=O) groups excluding carboxylic acids is 3. The molecule has 0 saturated carbocycles. The van der Waals surface area contributed by atoms with Crippen molar-refractivity contribution >= 4 is 23.4 Å². The second-order valence-corrected chi connectivity index (χ2v) is 8.23. The highest BCUT2D eigenvalue weighted by atomic mass is 16.7. The van der Waals surface area contributed by atoms with Gasteiger partial charge in [-0.05, 0) is 44.0 Å². The molecule has 1 amide bonds. The number of ketones is 1. The minimum atomic E-state index is -0.589. The number of rotatable bonds is 13. The molecule has 0 spiro atoms. The number of H-pyrrole nitrogens is 1. The molecule has 1 aliphatic heterocycles. The SMILES string of the molecule is CCOC(=O)CON=C(C(=O)N1CCOC(COc2ccc(CCC(C)=O)cc2OC)C1)c1ccn[nH]1. The van der Waals surface area contributed by atoms with Crippen LogP contribution in [0.4, 0.5) is 0 Å². The zero-order valence-electron chi connectivity index (χ0n) is 21.2. The summed E-state index contributed by atoms with van der Waals surface area (Å²) in [6.45, 7) is 4.12. The Morgan fingerprint density at radius 2 is 2.08 bits per heavy atom. The summed E-state index contributed by atoms with van der Waals surface area (Å²) in [5.41, 5.74) is 1.30. The van der Waals surface area contributed by atoms with Crippen molar-refractivity contribution < 1.29 is 38.2 Å². The van der Waals surface area contributed by atoms with Crippen molar-refractivity contribution in [3.63, 3.8) is 0 Å². The molecule has 3 rings (SSSR count). The molecule has 1 aromatic heterocycles. The van der Waals surface area contributed by atoms with E-state index in [1.54, 1.807) is 38.0 Å². The van der Waals surface area contributed by atoms with Gasteiger partial charge < -0.3 is 33.5 Å². The van der Waals surface area contributed by atoms with Crippen molar-refractivity contribution in [2.45, 2.75) is 32.8 Å². The monoisotopic (exact) mass is 516 g/mol. The number of aromatic nitrogens is 2. The van der Waals surface area contributed by atoms with Gasteiger partial charge in [-0.2, -0.15) is 5.10 Å². The van der Waals surface area contributed by atoms with E-state index < -0.39 is 24.6 Å². The minimum absolute atomic E-state index is 0.0221. The molecule has 1 atom stereocenters. The molecule has 0 radical (unpaired) electrons. The van der Waals surface area contributed by atoms with E-state index in [0.717, 1.165) is 5.56 Å². The Labute approximate surface area is 214 Å². The molecule has 12 heteroatoms. The number of esters is 1. The van der Waals surface area contributed by atoms with Gasteiger partial charge in [-0.25, -0.2) is 4.79 Å². The van der Waals surface area contributed by atoms with Crippen LogP contribution >= 0.6 is 0 Å². The zero-order chi connectivity index (χ0) is 26.6. The summed E-state index contributed by atoms with van der Waals surface area (Å²) >= 11 is 0. The van der Waals surface area contributed by atoms with Crippen LogP contribution in [0.1, 0.15) is 31.5 Å². The van der Waals surface area contributed by atoms with Gasteiger partial charge in [0.15, 0.2) is 17.2 Å². The lowest BCUT2D eigenvalue weighted by atomic mass is 10.1. The largest absolute Gasteiger partial charge is 0.493 e. The van der Waals surface area contributed by atoms with Crippen LogP contribution in [0.2, 0.25) is 0 Å². The Morgan fingerprint density at radius 1 is 1.24 bits per heavy atom. The Kier molecular flexibility index (Phi) is 10.4. The molecule has 1 N–H and O–H groups in total. The number of amides is 1. The standard InChI is InChI=1S/C25H32N4O8/c1-4-34-23(31)16-37-28-24(20-9-10-26-27-20)25(32)29-11-12-35-19(14-29)15-36-21-8-7-18(6-5-17(2)30)13-22(21)33-3/h7-10,13,19H,4-6,11-12,14-16H2,1-3H3,(H,26,27). The van der Waals surface area contributed by atoms with E-state index >= 15 is 0 Å². The summed E-state index contributed by atoms with van der Waals surface area (Å²) in [6.07, 6.45) is 2.17. The number of hydrogen-bond acceptors (Lipinski definition) is 10. The average molecular weight is 517 g/mol. The molecular formula is C25H32N4O8. The minimum Gasteiger partial charge on any atom is -0.493 e. The molecule has 2 aromatic rings. The second kappa shape index (κ2) is 14.0. The van der Waals surface area contributed by atoms with E-state index in [4.69, 9.17) is 23.8 Å². The fourth-order valence-electron chi connectivity index (χ4n) is 3.59. The van der Waals surface area contributed by atoms with E-state index in [0.29, 0.717) is 43.2 Å². The molecule has 2 heterocycles. The first-order valence-electron chi connectivity index (χ1n) is 12.0. The normalized spacial score (nSPS) is 15.7. The van der Waals surface area contributed by atoms with E-state index in [2.05, 4.69) is 15.4 Å². The number of oxime groups is 1. The molecule has 1 aromatic carbocycles. The van der Waals surface area contributed by atoms with Gasteiger partial charge in [0.1, 0.15) is 18.5 Å². The number of hydrogen-bond donors (Lipinski definition) is 1. The predicted molar refractivity (Wildman–Crippen MR) is 132 cm³/mol. The lowest BCUT2D eigenvalue weighted by Gasteiger charge is -2.32. The Bertz CT molecular complexity index is 1090. The smallest absolute Gasteiger partial charge is 0.347 e. The molecule has 0 bridgehead atoms. The number of ether oxygens (including phenoxy) is 4. The summed E-state index contributed by atoms with van der Waals surface area (Å²) in [5, 5.41) is 10.4. The quantitative estimate of drug-likeness (QED) is 0.238. The number of nitrogens with zero attached hydrogens (tertiary/aromatic N) is 3. The number of aryl methyl sites for hydroxylation is 1. The second-order valence-electron chi connectivity index (χ2n) is 8.23. The Morgan fingerprint density at radius 3 is 2.78 bits per heavy atom. The predicted octanol–water partition coefficient (Wildman–Crippen LogP) is 1.53. The number of carbonyl (C=O) groups is 3. The molecule has 12 nitrogen and oxygen atoms in total. The highest BCUT2D eigenvalue weighted by molar-refractivity contribution is 6.44. The van der Waals surface area contributed by atoms with Crippen LogP contribution < -0.4 is 9.47 Å². The van der Waals surface area contributed by atoms with E-state index in [9.17, 15) is 14.4 Å². The van der Waals surface area contributed by atoms with Crippen LogP contribution in [0.3, 0.4) is 0 Å². The van der Waals surface area contributed by atoms with Gasteiger partial charge in [-0.1, -0.05) is 11.2 Å². The summed E-state index contributed by atoms with van der Waals surface area (Å²) in [5.74, 6) is 0.215. The maximum atomic E-state index is 13.3. The number of morpholine rings is 1. The van der Waals surface area contributed by atoms with E-state index in [1.807, 2.05) is 12.1 Å². The molecule has 200 valence electrons. The molecule has 1 fully saturated rings. The summed E-state index contributed by atoms with van der Waals surface area (Å²) in [4.78, 5) is 42.7. The topological polar surface area (TPSA) is 142 Å². The fourth-order valence-corrected chi connectivity index (χ4v) is 3.59. The maximum Gasteiger partial charge on any atom is 0.347 e. The molecule has 1 aliphatic rings. The number of benzene rings is 1. The third-order valence-corrected chi connectivity index (χ3v) is 5.45. The Hall–Kier alpha value is -3.93. The lowest BCUT2D eigenvalue weighted by molar-refractivity contribution is -0.148. The first-order chi connectivity index (χ1) is 17.9. The molecule has 37 heavy (non-hydrogen) atoms. The van der Waals surface area contributed by atoms with E-state index in [1.165, 1.54) is 6.20 Å². The molecule has 0 aliphatic carbocycles. The first kappa shape index (κ1) is 27.7. The van der Waals surface area contributed by atoms with Crippen molar-refractivity contribution in [3.8, 4) is 11.5 Å². The number of methoxy groups -OCH3 is 1. The van der Waals surface area contributed by atoms with Gasteiger partial charge in [0, 0.05) is 19.2 Å². The van der Waals surface area contributed by atoms with Crippen molar-refractivity contribution in [3.05, 3.63) is 41.7 Å². The lowest BCUT2D eigenvalue weighted by Crippen LogP contribution is -2.50. The van der Waals surface area contributed by atoms with Crippen LogP contribution in [0.15, 0.2) is 35.6 Å². The Balaban J connectivity index is 1.62. The van der Waals surface area contributed by atoms with Crippen molar-refractivity contribution in [1.82, 2.24) is 15.1 Å². The van der Waals surface area contributed by atoms with Crippen LogP contribution in [0, 0.1) is 0 Å². The van der Waals surface area contributed by atoms with Crippen molar-refractivity contribution in [2.24, 2.45) is 5.16 Å². The van der Waals surface area contributed by atoms with Gasteiger partial charge in [0.2, 0.25) is 6.61 Å². The number of Topliss-reactive ketones (excluding diaryl/α,β-unsaturated/α-hetero) is 1. The zero-order valence-corrected chi connectivity index (χ0v) is 21.2. The van der Waals surface area contributed by atoms with Gasteiger partial charge in [-0.15, -0.1) is 0 Å². The third-order valence-electron chi connectivity index (χ3n) is 5.45.